The van der Waals surface area contributed by atoms with Crippen LogP contribution in [0.4, 0.5) is 8.78 Å². The first-order chi connectivity index (χ1) is 8.15. The van der Waals surface area contributed by atoms with Gasteiger partial charge in [0, 0.05) is 0 Å². The van der Waals surface area contributed by atoms with Crippen molar-refractivity contribution in [1.29, 1.82) is 0 Å². The summed E-state index contributed by atoms with van der Waals surface area (Å²) in [6.45, 7) is 2.35. The van der Waals surface area contributed by atoms with Gasteiger partial charge in [0.15, 0.2) is 0 Å². The molecule has 0 aliphatic rings. The minimum Gasteiger partial charge on any atom is -0.480 e. The number of hydrogen-bond acceptors (Lipinski definition) is 3. The normalized spacial score (nSPS) is 13.3. The second-order valence-corrected chi connectivity index (χ2v) is 5.40. The van der Waals surface area contributed by atoms with E-state index in [2.05, 4.69) is 0 Å². The van der Waals surface area contributed by atoms with Crippen molar-refractivity contribution in [2.45, 2.75) is 24.8 Å². The van der Waals surface area contributed by atoms with E-state index in [9.17, 15) is 22.0 Å². The number of halogens is 2. The average Bonchev–Trinajstić information content (AvgIpc) is 2.22. The van der Waals surface area contributed by atoms with Gasteiger partial charge in [-0.3, -0.25) is 4.79 Å². The van der Waals surface area contributed by atoms with E-state index in [1.54, 1.807) is 4.72 Å². The Morgan fingerprint density at radius 1 is 1.33 bits per heavy atom. The fraction of sp³-hybridized carbons (Fsp3) is 0.300. The lowest BCUT2D eigenvalue weighted by molar-refractivity contribution is -0.138. The van der Waals surface area contributed by atoms with Gasteiger partial charge in [-0.05, 0) is 31.5 Å². The van der Waals surface area contributed by atoms with Gasteiger partial charge in [-0.1, -0.05) is 0 Å². The topological polar surface area (TPSA) is 83.5 Å². The van der Waals surface area contributed by atoms with Gasteiger partial charge in [0.25, 0.3) is 0 Å². The molecule has 1 rings (SSSR count). The minimum atomic E-state index is -4.42. The summed E-state index contributed by atoms with van der Waals surface area (Å²) in [7, 11) is -4.42. The van der Waals surface area contributed by atoms with Crippen LogP contribution in [0.3, 0.4) is 0 Å². The molecule has 0 saturated carbocycles. The number of rotatable bonds is 4. The molecular formula is C10H11F2NO4S. The fourth-order valence-electron chi connectivity index (χ4n) is 1.18. The first kappa shape index (κ1) is 14.5. The molecule has 0 spiro atoms. The van der Waals surface area contributed by atoms with Gasteiger partial charge in [-0.15, -0.1) is 0 Å². The van der Waals surface area contributed by atoms with Crippen LogP contribution in [0.5, 0.6) is 0 Å². The Kier molecular flexibility index (Phi) is 4.02. The molecule has 1 unspecified atom stereocenters. The third-order valence-corrected chi connectivity index (χ3v) is 3.76. The molecule has 0 amide bonds. The summed E-state index contributed by atoms with van der Waals surface area (Å²) < 4.78 is 51.7. The molecule has 0 aliphatic heterocycles. The molecule has 2 N–H and O–H groups in total. The first-order valence-electron chi connectivity index (χ1n) is 4.86. The largest absolute Gasteiger partial charge is 0.480 e. The van der Waals surface area contributed by atoms with E-state index in [1.165, 1.54) is 6.92 Å². The predicted molar refractivity (Wildman–Crippen MR) is 58.5 cm³/mol. The van der Waals surface area contributed by atoms with Crippen molar-refractivity contribution in [3.63, 3.8) is 0 Å². The number of aryl methyl sites for hydroxylation is 1. The van der Waals surface area contributed by atoms with Crippen LogP contribution in [-0.2, 0) is 14.8 Å². The van der Waals surface area contributed by atoms with Gasteiger partial charge in [0.1, 0.15) is 22.6 Å². The summed E-state index contributed by atoms with van der Waals surface area (Å²) >= 11 is 0. The van der Waals surface area contributed by atoms with E-state index in [1.807, 2.05) is 0 Å². The van der Waals surface area contributed by atoms with Crippen LogP contribution in [0.1, 0.15) is 12.5 Å². The Hall–Kier alpha value is -1.54. The second-order valence-electron chi connectivity index (χ2n) is 3.71. The van der Waals surface area contributed by atoms with Crippen molar-refractivity contribution >= 4 is 16.0 Å². The Morgan fingerprint density at radius 3 is 2.39 bits per heavy atom. The molecule has 0 aromatic heterocycles. The van der Waals surface area contributed by atoms with Crippen molar-refractivity contribution in [3.8, 4) is 0 Å². The molecule has 0 heterocycles. The van der Waals surface area contributed by atoms with E-state index in [0.717, 1.165) is 13.0 Å². The molecule has 0 fully saturated rings. The summed E-state index contributed by atoms with van der Waals surface area (Å²) in [5, 5.41) is 8.57. The van der Waals surface area contributed by atoms with Crippen LogP contribution in [0.25, 0.3) is 0 Å². The summed E-state index contributed by atoms with van der Waals surface area (Å²) in [6, 6.07) is -0.199. The number of sulfonamides is 1. The predicted octanol–water partition coefficient (Wildman–Crippen LogP) is 1.02. The summed E-state index contributed by atoms with van der Waals surface area (Å²) in [5.74, 6) is -3.45. The van der Waals surface area contributed by atoms with Crippen LogP contribution >= 0.6 is 0 Å². The number of carboxylic acids is 1. The van der Waals surface area contributed by atoms with Gasteiger partial charge >= 0.3 is 5.97 Å². The maximum atomic E-state index is 13.4. The monoisotopic (exact) mass is 279 g/mol. The zero-order valence-corrected chi connectivity index (χ0v) is 10.4. The van der Waals surface area contributed by atoms with E-state index in [4.69, 9.17) is 5.11 Å². The highest BCUT2D eigenvalue weighted by Crippen LogP contribution is 2.19. The lowest BCUT2D eigenvalue weighted by atomic mass is 10.2. The van der Waals surface area contributed by atoms with Crippen molar-refractivity contribution < 1.29 is 27.1 Å². The van der Waals surface area contributed by atoms with E-state index >= 15 is 0 Å². The number of carbonyl (C=O) groups is 1. The van der Waals surface area contributed by atoms with Crippen molar-refractivity contribution in [3.05, 3.63) is 29.3 Å². The summed E-state index contributed by atoms with van der Waals surface area (Å²) in [5.41, 5.74) is -0.0438. The van der Waals surface area contributed by atoms with Crippen LogP contribution in [0.2, 0.25) is 0 Å². The van der Waals surface area contributed by atoms with Crippen LogP contribution in [0, 0.1) is 18.6 Å². The fourth-order valence-corrected chi connectivity index (χ4v) is 2.45. The zero-order chi connectivity index (χ0) is 14.1. The highest BCUT2D eigenvalue weighted by atomic mass is 32.2. The Morgan fingerprint density at radius 2 is 1.89 bits per heavy atom. The van der Waals surface area contributed by atoms with Gasteiger partial charge in [0.2, 0.25) is 10.0 Å². The van der Waals surface area contributed by atoms with E-state index in [0.29, 0.717) is 6.07 Å². The molecule has 1 aromatic carbocycles. The third kappa shape index (κ3) is 3.02. The molecular weight excluding hydrogens is 268 g/mol. The van der Waals surface area contributed by atoms with Crippen LogP contribution in [-0.4, -0.2) is 25.5 Å². The maximum Gasteiger partial charge on any atom is 0.321 e. The average molecular weight is 279 g/mol. The smallest absolute Gasteiger partial charge is 0.321 e. The van der Waals surface area contributed by atoms with Crippen LogP contribution in [0.15, 0.2) is 17.0 Å². The molecule has 0 radical (unpaired) electrons. The standard InChI is InChI=1S/C10H11F2NO4S/c1-5-3-8(12)9(4-7(5)11)18(16,17)13-6(2)10(14)15/h3-4,6,13H,1-2H3,(H,14,15). The number of carboxylic acid groups (broad SMARTS) is 1. The highest BCUT2D eigenvalue weighted by molar-refractivity contribution is 7.89. The number of nitrogens with one attached hydrogen (secondary N) is 1. The molecule has 1 aromatic rings. The quantitative estimate of drug-likeness (QED) is 0.862. The lowest BCUT2D eigenvalue weighted by Gasteiger charge is -2.11. The Labute approximate surface area is 102 Å². The summed E-state index contributed by atoms with van der Waals surface area (Å²) in [6.07, 6.45) is 0. The SMILES string of the molecule is Cc1cc(F)c(S(=O)(=O)NC(C)C(=O)O)cc1F. The molecule has 18 heavy (non-hydrogen) atoms. The minimum absolute atomic E-state index is 0.0438. The molecule has 8 heteroatoms. The highest BCUT2D eigenvalue weighted by Gasteiger charge is 2.25. The van der Waals surface area contributed by atoms with Crippen molar-refractivity contribution in [2.24, 2.45) is 0 Å². The van der Waals surface area contributed by atoms with Gasteiger partial charge in [0.05, 0.1) is 0 Å². The van der Waals surface area contributed by atoms with Crippen molar-refractivity contribution in [1.82, 2.24) is 4.72 Å². The molecule has 0 bridgehead atoms. The Balaban J connectivity index is 3.21. The molecule has 0 saturated heterocycles. The van der Waals surface area contributed by atoms with E-state index < -0.39 is 38.6 Å². The van der Waals surface area contributed by atoms with Gasteiger partial charge in [-0.25, -0.2) is 17.2 Å². The third-order valence-electron chi connectivity index (χ3n) is 2.21. The Bertz CT molecular complexity index is 586. The number of aliphatic carboxylic acids is 1. The number of hydrogen-bond donors (Lipinski definition) is 2. The zero-order valence-electron chi connectivity index (χ0n) is 9.57. The van der Waals surface area contributed by atoms with Gasteiger partial charge < -0.3 is 5.11 Å². The first-order valence-corrected chi connectivity index (χ1v) is 6.34. The molecule has 100 valence electrons. The van der Waals surface area contributed by atoms with E-state index in [-0.39, 0.29) is 5.56 Å². The second kappa shape index (κ2) is 4.99. The van der Waals surface area contributed by atoms with Gasteiger partial charge in [-0.2, -0.15) is 4.72 Å². The molecule has 5 nitrogen and oxygen atoms in total. The van der Waals surface area contributed by atoms with Crippen LogP contribution < -0.4 is 4.72 Å². The molecule has 0 aliphatic carbocycles. The van der Waals surface area contributed by atoms with Crippen molar-refractivity contribution in [2.75, 3.05) is 0 Å². The number of benzene rings is 1. The maximum absolute atomic E-state index is 13.4. The lowest BCUT2D eigenvalue weighted by Crippen LogP contribution is -2.38. The molecule has 1 atom stereocenters. The summed E-state index contributed by atoms with van der Waals surface area (Å²) in [4.78, 5) is 9.60.